The van der Waals surface area contributed by atoms with Crippen LogP contribution in [0.1, 0.15) is 52.0 Å². The number of ether oxygens (including phenoxy) is 4. The fourth-order valence-electron chi connectivity index (χ4n) is 6.57. The summed E-state index contributed by atoms with van der Waals surface area (Å²) in [5, 5.41) is 10.0. The van der Waals surface area contributed by atoms with Gasteiger partial charge in [0.15, 0.2) is 18.2 Å². The van der Waals surface area contributed by atoms with Gasteiger partial charge in [-0.15, -0.1) is 0 Å². The topological polar surface area (TPSA) is 78.9 Å². The number of rotatable bonds is 7. The zero-order chi connectivity index (χ0) is 24.1. The number of nitrogens with zero attached hydrogens (tertiary/aromatic N) is 1. The van der Waals surface area contributed by atoms with Crippen LogP contribution in [0.4, 0.5) is 0 Å². The van der Waals surface area contributed by atoms with Crippen LogP contribution >= 0.6 is 0 Å². The summed E-state index contributed by atoms with van der Waals surface area (Å²) in [5.41, 5.74) is 0.418. The number of hydrogen-bond donors (Lipinski definition) is 1. The summed E-state index contributed by atoms with van der Waals surface area (Å²) in [4.78, 5) is 14.1. The second-order valence-electron chi connectivity index (χ2n) is 11.1. The van der Waals surface area contributed by atoms with E-state index in [0.717, 1.165) is 37.8 Å². The Bertz CT molecular complexity index is 881. The molecule has 8 atom stereocenters. The molecule has 2 bridgehead atoms. The molecule has 0 amide bonds. The first kappa shape index (κ1) is 24.3. The molecule has 6 rings (SSSR count). The Labute approximate surface area is 202 Å². The molecule has 0 aromatic heterocycles. The van der Waals surface area contributed by atoms with E-state index in [1.807, 2.05) is 32.0 Å². The van der Waals surface area contributed by atoms with E-state index < -0.39 is 24.0 Å². The molecule has 0 radical (unpaired) electrons. The van der Waals surface area contributed by atoms with Crippen molar-refractivity contribution in [1.29, 1.82) is 0 Å². The van der Waals surface area contributed by atoms with E-state index in [1.54, 1.807) is 12.1 Å². The molecule has 1 N–H and O–H groups in total. The zero-order valence-electron chi connectivity index (χ0n) is 21.0. The molecule has 5 fully saturated rings. The molecular weight excluding hydrogens is 438 g/mol. The first-order valence-electron chi connectivity index (χ1n) is 12.6. The summed E-state index contributed by atoms with van der Waals surface area (Å²) in [6.07, 6.45) is 3.10. The summed E-state index contributed by atoms with van der Waals surface area (Å²) < 4.78 is 24.9. The molecule has 4 heterocycles. The Hall–Kier alpha value is -1.42. The van der Waals surface area contributed by atoms with Gasteiger partial charge in [0.25, 0.3) is 0 Å². The van der Waals surface area contributed by atoms with Crippen LogP contribution in [-0.2, 0) is 30.5 Å². The maximum Gasteiger partial charge on any atom is 0.201 e. The standard InChI is InChI=1S/C26H39NO7/c1-16-6-7-22-17(2)23(31-24-26(22)21(16)8-9-25(3,32-24)33-34-26)30-11-10-29-20-13-18(15-27(4)5)12-19(28)14-20/h12-14,16-17,21-24,28H,6-11,15H2,1-5H3/t16-,17-,21+,22+,23+,24-,25+,26-/m1/s1. The van der Waals surface area contributed by atoms with Crippen LogP contribution in [0.15, 0.2) is 18.2 Å². The van der Waals surface area contributed by atoms with Gasteiger partial charge in [0.2, 0.25) is 5.79 Å². The van der Waals surface area contributed by atoms with Gasteiger partial charge in [-0.1, -0.05) is 13.8 Å². The van der Waals surface area contributed by atoms with Crippen molar-refractivity contribution in [3.8, 4) is 11.5 Å². The first-order chi connectivity index (χ1) is 16.2. The maximum atomic E-state index is 10.0. The third kappa shape index (κ3) is 4.33. The molecule has 1 aromatic carbocycles. The molecule has 1 spiro atoms. The molecule has 8 nitrogen and oxygen atoms in total. The second-order valence-corrected chi connectivity index (χ2v) is 11.1. The molecule has 190 valence electrons. The fraction of sp³-hybridized carbons (Fsp3) is 0.769. The van der Waals surface area contributed by atoms with Gasteiger partial charge in [-0.05, 0) is 69.8 Å². The van der Waals surface area contributed by atoms with E-state index in [1.165, 1.54) is 0 Å². The Kier molecular flexibility index (Phi) is 6.59. The lowest BCUT2D eigenvalue weighted by molar-refractivity contribution is -0.577. The number of phenolic OH excluding ortho intramolecular Hbond substituents is 1. The number of hydrogen-bond acceptors (Lipinski definition) is 8. The SMILES string of the molecule is C[C@H]1[C@@H](OCCOc2cc(O)cc(CN(C)C)c2)O[C@@H]2O[C@]3(C)CC[C@H]4[C@H](C)CC[C@@H]1[C@@]24OO3. The Morgan fingerprint density at radius 2 is 1.88 bits per heavy atom. The molecule has 1 saturated carbocycles. The van der Waals surface area contributed by atoms with Crippen molar-refractivity contribution >= 4 is 0 Å². The Morgan fingerprint density at radius 3 is 2.68 bits per heavy atom. The maximum absolute atomic E-state index is 10.0. The highest BCUT2D eigenvalue weighted by Crippen LogP contribution is 2.60. The summed E-state index contributed by atoms with van der Waals surface area (Å²) >= 11 is 0. The quantitative estimate of drug-likeness (QED) is 0.465. The molecule has 34 heavy (non-hydrogen) atoms. The minimum Gasteiger partial charge on any atom is -0.508 e. The Balaban J connectivity index is 1.23. The first-order valence-corrected chi connectivity index (χ1v) is 12.6. The van der Waals surface area contributed by atoms with Crippen LogP contribution in [0.2, 0.25) is 0 Å². The zero-order valence-corrected chi connectivity index (χ0v) is 21.0. The number of phenols is 1. The van der Waals surface area contributed by atoms with Crippen molar-refractivity contribution in [2.24, 2.45) is 23.7 Å². The van der Waals surface area contributed by atoms with Gasteiger partial charge in [0, 0.05) is 30.9 Å². The van der Waals surface area contributed by atoms with E-state index in [4.69, 9.17) is 28.7 Å². The molecule has 0 unspecified atom stereocenters. The lowest BCUT2D eigenvalue weighted by atomic mass is 9.58. The third-order valence-corrected chi connectivity index (χ3v) is 8.18. The van der Waals surface area contributed by atoms with Gasteiger partial charge in [-0.25, -0.2) is 9.78 Å². The lowest BCUT2D eigenvalue weighted by Gasteiger charge is -2.60. The number of fused-ring (bicyclic) bond motifs is 2. The minimum atomic E-state index is -0.786. The summed E-state index contributed by atoms with van der Waals surface area (Å²) in [5.74, 6) is 1.29. The van der Waals surface area contributed by atoms with Crippen molar-refractivity contribution in [2.45, 2.75) is 77.0 Å². The predicted molar refractivity (Wildman–Crippen MR) is 124 cm³/mol. The summed E-state index contributed by atoms with van der Waals surface area (Å²) in [7, 11) is 3.98. The van der Waals surface area contributed by atoms with E-state index in [2.05, 4.69) is 13.8 Å². The summed E-state index contributed by atoms with van der Waals surface area (Å²) in [6.45, 7) is 7.88. The molecule has 1 aliphatic carbocycles. The summed E-state index contributed by atoms with van der Waals surface area (Å²) in [6, 6.07) is 5.32. The van der Waals surface area contributed by atoms with Crippen molar-refractivity contribution in [3.63, 3.8) is 0 Å². The smallest absolute Gasteiger partial charge is 0.201 e. The van der Waals surface area contributed by atoms with Gasteiger partial charge in [-0.2, -0.15) is 0 Å². The largest absolute Gasteiger partial charge is 0.508 e. The van der Waals surface area contributed by atoms with Crippen LogP contribution < -0.4 is 4.74 Å². The normalized spacial score (nSPS) is 41.2. The fourth-order valence-corrected chi connectivity index (χ4v) is 6.57. The highest BCUT2D eigenvalue weighted by atomic mass is 17.3. The van der Waals surface area contributed by atoms with E-state index in [0.29, 0.717) is 30.8 Å². The van der Waals surface area contributed by atoms with E-state index in [9.17, 15) is 5.11 Å². The van der Waals surface area contributed by atoms with Crippen molar-refractivity contribution < 1.29 is 33.8 Å². The van der Waals surface area contributed by atoms with Crippen molar-refractivity contribution in [2.75, 3.05) is 27.3 Å². The van der Waals surface area contributed by atoms with Crippen molar-refractivity contribution in [3.05, 3.63) is 23.8 Å². The predicted octanol–water partition coefficient (Wildman–Crippen LogP) is 4.06. The molecule has 8 heteroatoms. The molecule has 4 saturated heterocycles. The lowest BCUT2D eigenvalue weighted by Crippen LogP contribution is -2.70. The molecule has 4 aliphatic heterocycles. The highest BCUT2D eigenvalue weighted by Gasteiger charge is 2.69. The minimum absolute atomic E-state index is 0.133. The van der Waals surface area contributed by atoms with Crippen LogP contribution in [0.25, 0.3) is 0 Å². The van der Waals surface area contributed by atoms with Gasteiger partial charge < -0.3 is 29.0 Å². The van der Waals surface area contributed by atoms with Crippen LogP contribution in [-0.4, -0.2) is 61.3 Å². The molecular formula is C26H39NO7. The second kappa shape index (κ2) is 9.22. The van der Waals surface area contributed by atoms with Gasteiger partial charge in [-0.3, -0.25) is 0 Å². The van der Waals surface area contributed by atoms with Gasteiger partial charge >= 0.3 is 0 Å². The van der Waals surface area contributed by atoms with Crippen LogP contribution in [0.5, 0.6) is 11.5 Å². The third-order valence-electron chi connectivity index (χ3n) is 8.18. The number of aromatic hydroxyl groups is 1. The van der Waals surface area contributed by atoms with E-state index >= 15 is 0 Å². The van der Waals surface area contributed by atoms with Gasteiger partial charge in [0.1, 0.15) is 18.1 Å². The highest BCUT2D eigenvalue weighted by molar-refractivity contribution is 5.37. The Morgan fingerprint density at radius 1 is 1.06 bits per heavy atom. The monoisotopic (exact) mass is 477 g/mol. The number of benzene rings is 1. The average molecular weight is 478 g/mol. The van der Waals surface area contributed by atoms with E-state index in [-0.39, 0.29) is 17.6 Å². The van der Waals surface area contributed by atoms with Crippen LogP contribution in [0, 0.1) is 23.7 Å². The van der Waals surface area contributed by atoms with Gasteiger partial charge in [0.05, 0.1) is 6.61 Å². The van der Waals surface area contributed by atoms with Crippen molar-refractivity contribution in [1.82, 2.24) is 4.90 Å². The average Bonchev–Trinajstić information content (AvgIpc) is 2.99. The molecule has 1 aromatic rings. The van der Waals surface area contributed by atoms with Crippen LogP contribution in [0.3, 0.4) is 0 Å². The molecule has 5 aliphatic rings.